The molecule has 1 aromatic heterocycles. The van der Waals surface area contributed by atoms with E-state index in [1.54, 1.807) is 0 Å². The molecule has 25 heavy (non-hydrogen) atoms. The first-order chi connectivity index (χ1) is 12.1. The van der Waals surface area contributed by atoms with Crippen LogP contribution in [0.1, 0.15) is 11.1 Å². The van der Waals surface area contributed by atoms with E-state index in [1.807, 2.05) is 36.5 Å². The zero-order valence-corrected chi connectivity index (χ0v) is 15.1. The molecule has 5 nitrogen and oxygen atoms in total. The van der Waals surface area contributed by atoms with Crippen LogP contribution in [0.15, 0.2) is 42.6 Å². The summed E-state index contributed by atoms with van der Waals surface area (Å²) in [6.45, 7) is 8.79. The number of rotatable bonds is 6. The van der Waals surface area contributed by atoms with Crippen LogP contribution in [0.3, 0.4) is 0 Å². The molecule has 0 saturated carbocycles. The highest BCUT2D eigenvalue weighted by molar-refractivity contribution is 5.38. The van der Waals surface area contributed by atoms with Crippen LogP contribution >= 0.6 is 0 Å². The normalized spacial score (nSPS) is 16.7. The summed E-state index contributed by atoms with van der Waals surface area (Å²) in [5.74, 6) is 1.86. The summed E-state index contributed by atoms with van der Waals surface area (Å²) < 4.78 is 5.76. The van der Waals surface area contributed by atoms with Crippen molar-refractivity contribution in [3.8, 4) is 5.75 Å². The Balaban J connectivity index is 1.42. The second kappa shape index (κ2) is 8.32. The molecule has 3 rings (SSSR count). The van der Waals surface area contributed by atoms with Crippen LogP contribution in [-0.4, -0.2) is 60.4 Å². The molecule has 1 atom stereocenters. The van der Waals surface area contributed by atoms with E-state index >= 15 is 0 Å². The first-order valence-electron chi connectivity index (χ1n) is 8.87. The lowest BCUT2D eigenvalue weighted by Gasteiger charge is -2.36. The molecule has 0 amide bonds. The predicted molar refractivity (Wildman–Crippen MR) is 100 cm³/mol. The summed E-state index contributed by atoms with van der Waals surface area (Å²) in [5.41, 5.74) is 2.35. The van der Waals surface area contributed by atoms with Gasteiger partial charge in [0.05, 0.1) is 0 Å². The molecule has 2 heterocycles. The Morgan fingerprint density at radius 1 is 1.08 bits per heavy atom. The lowest BCUT2D eigenvalue weighted by molar-refractivity contribution is 0.0662. The number of ether oxygens (including phenoxy) is 1. The predicted octanol–water partition coefficient (Wildman–Crippen LogP) is 2.26. The summed E-state index contributed by atoms with van der Waals surface area (Å²) in [6, 6.07) is 12.1. The molecule has 1 unspecified atom stereocenters. The summed E-state index contributed by atoms with van der Waals surface area (Å²) in [7, 11) is 0. The van der Waals surface area contributed by atoms with Crippen molar-refractivity contribution in [1.29, 1.82) is 0 Å². The molecular weight excluding hydrogens is 314 g/mol. The molecule has 0 aliphatic carbocycles. The van der Waals surface area contributed by atoms with Gasteiger partial charge in [-0.3, -0.25) is 4.90 Å². The number of piperazine rings is 1. The van der Waals surface area contributed by atoms with Crippen molar-refractivity contribution < 1.29 is 9.84 Å². The smallest absolute Gasteiger partial charge is 0.128 e. The second-order valence-electron chi connectivity index (χ2n) is 6.76. The summed E-state index contributed by atoms with van der Waals surface area (Å²) in [5, 5.41) is 10.3. The fourth-order valence-corrected chi connectivity index (χ4v) is 3.26. The summed E-state index contributed by atoms with van der Waals surface area (Å²) in [6.07, 6.45) is 1.35. The SMILES string of the molecule is Cc1cc(C)cc(OCC(O)CN2CCN(c3ccccn3)CC2)c1. The highest BCUT2D eigenvalue weighted by atomic mass is 16.5. The van der Waals surface area contributed by atoms with E-state index in [9.17, 15) is 5.11 Å². The maximum Gasteiger partial charge on any atom is 0.128 e. The fourth-order valence-electron chi connectivity index (χ4n) is 3.26. The van der Waals surface area contributed by atoms with Crippen molar-refractivity contribution in [2.45, 2.75) is 20.0 Å². The topological polar surface area (TPSA) is 48.8 Å². The van der Waals surface area contributed by atoms with Gasteiger partial charge in [-0.15, -0.1) is 0 Å². The average Bonchev–Trinajstić information content (AvgIpc) is 2.61. The number of hydrogen-bond acceptors (Lipinski definition) is 5. The molecule has 5 heteroatoms. The standard InChI is InChI=1S/C20H27N3O2/c1-16-11-17(2)13-19(12-16)25-15-18(24)14-22-7-9-23(10-8-22)20-5-3-4-6-21-20/h3-6,11-13,18,24H,7-10,14-15H2,1-2H3. The van der Waals surface area contributed by atoms with Gasteiger partial charge in [-0.25, -0.2) is 4.98 Å². The van der Waals surface area contributed by atoms with Gasteiger partial charge >= 0.3 is 0 Å². The minimum atomic E-state index is -0.484. The van der Waals surface area contributed by atoms with Crippen LogP contribution in [0.2, 0.25) is 0 Å². The third-order valence-electron chi connectivity index (χ3n) is 4.45. The van der Waals surface area contributed by atoms with Gasteiger partial charge in [0.1, 0.15) is 24.3 Å². The van der Waals surface area contributed by atoms with Crippen molar-refractivity contribution in [2.75, 3.05) is 44.2 Å². The maximum absolute atomic E-state index is 10.3. The number of aryl methyl sites for hydroxylation is 2. The highest BCUT2D eigenvalue weighted by Crippen LogP contribution is 2.17. The first-order valence-corrected chi connectivity index (χ1v) is 8.87. The van der Waals surface area contributed by atoms with Crippen molar-refractivity contribution in [3.63, 3.8) is 0 Å². The van der Waals surface area contributed by atoms with E-state index in [-0.39, 0.29) is 0 Å². The fraction of sp³-hybridized carbons (Fsp3) is 0.450. The van der Waals surface area contributed by atoms with Crippen molar-refractivity contribution >= 4 is 5.82 Å². The minimum absolute atomic E-state index is 0.323. The van der Waals surface area contributed by atoms with E-state index in [0.29, 0.717) is 13.2 Å². The van der Waals surface area contributed by atoms with Crippen molar-refractivity contribution in [1.82, 2.24) is 9.88 Å². The third kappa shape index (κ3) is 5.18. The number of benzene rings is 1. The average molecular weight is 341 g/mol. The zero-order valence-electron chi connectivity index (χ0n) is 15.1. The molecule has 1 aromatic carbocycles. The van der Waals surface area contributed by atoms with Crippen LogP contribution < -0.4 is 9.64 Å². The van der Waals surface area contributed by atoms with Crippen LogP contribution in [0.4, 0.5) is 5.82 Å². The van der Waals surface area contributed by atoms with E-state index in [0.717, 1.165) is 37.7 Å². The molecule has 134 valence electrons. The van der Waals surface area contributed by atoms with E-state index in [2.05, 4.69) is 34.7 Å². The number of hydrogen-bond donors (Lipinski definition) is 1. The van der Waals surface area contributed by atoms with Gasteiger partial charge in [0, 0.05) is 38.9 Å². The van der Waals surface area contributed by atoms with Gasteiger partial charge in [0.2, 0.25) is 0 Å². The molecular formula is C20H27N3O2. The summed E-state index contributed by atoms with van der Waals surface area (Å²) in [4.78, 5) is 8.98. The Morgan fingerprint density at radius 3 is 2.44 bits per heavy atom. The van der Waals surface area contributed by atoms with Crippen LogP contribution in [0, 0.1) is 13.8 Å². The molecule has 2 aromatic rings. The van der Waals surface area contributed by atoms with Gasteiger partial charge < -0.3 is 14.7 Å². The molecule has 1 fully saturated rings. The number of β-amino-alcohol motifs (C(OH)–C–C–N with tert-alkyl or cyclic N) is 1. The Bertz CT molecular complexity index is 650. The number of anilines is 1. The Labute approximate surface area is 149 Å². The van der Waals surface area contributed by atoms with E-state index in [1.165, 1.54) is 11.1 Å². The van der Waals surface area contributed by atoms with Crippen LogP contribution in [0.25, 0.3) is 0 Å². The number of nitrogens with zero attached hydrogens (tertiary/aromatic N) is 3. The van der Waals surface area contributed by atoms with Crippen molar-refractivity contribution in [2.24, 2.45) is 0 Å². The van der Waals surface area contributed by atoms with Gasteiger partial charge in [-0.2, -0.15) is 0 Å². The lowest BCUT2D eigenvalue weighted by Crippen LogP contribution is -2.49. The molecule has 1 aliphatic rings. The van der Waals surface area contributed by atoms with Crippen LogP contribution in [-0.2, 0) is 0 Å². The van der Waals surface area contributed by atoms with Crippen LogP contribution in [0.5, 0.6) is 5.75 Å². The number of aliphatic hydroxyl groups is 1. The monoisotopic (exact) mass is 341 g/mol. The minimum Gasteiger partial charge on any atom is -0.491 e. The number of aromatic nitrogens is 1. The summed E-state index contributed by atoms with van der Waals surface area (Å²) >= 11 is 0. The van der Waals surface area contributed by atoms with Gasteiger partial charge in [0.25, 0.3) is 0 Å². The third-order valence-corrected chi connectivity index (χ3v) is 4.45. The molecule has 0 spiro atoms. The lowest BCUT2D eigenvalue weighted by atomic mass is 10.1. The largest absolute Gasteiger partial charge is 0.491 e. The van der Waals surface area contributed by atoms with Gasteiger partial charge in [0.15, 0.2) is 0 Å². The van der Waals surface area contributed by atoms with Gasteiger partial charge in [-0.1, -0.05) is 12.1 Å². The first kappa shape index (κ1) is 17.7. The zero-order chi connectivity index (χ0) is 17.6. The molecule has 1 N–H and O–H groups in total. The Morgan fingerprint density at radius 2 is 1.80 bits per heavy atom. The highest BCUT2D eigenvalue weighted by Gasteiger charge is 2.20. The number of pyridine rings is 1. The Kier molecular flexibility index (Phi) is 5.89. The molecule has 1 saturated heterocycles. The van der Waals surface area contributed by atoms with Gasteiger partial charge in [-0.05, 0) is 49.2 Å². The molecule has 1 aliphatic heterocycles. The number of aliphatic hydroxyl groups excluding tert-OH is 1. The quantitative estimate of drug-likeness (QED) is 0.873. The maximum atomic E-state index is 10.3. The van der Waals surface area contributed by atoms with Crippen molar-refractivity contribution in [3.05, 3.63) is 53.7 Å². The molecule has 0 bridgehead atoms. The second-order valence-corrected chi connectivity index (χ2v) is 6.76. The molecule has 0 radical (unpaired) electrons. The van der Waals surface area contributed by atoms with E-state index in [4.69, 9.17) is 4.74 Å². The Hall–Kier alpha value is -2.11. The van der Waals surface area contributed by atoms with E-state index < -0.39 is 6.10 Å².